The summed E-state index contributed by atoms with van der Waals surface area (Å²) >= 11 is 0. The maximum atomic E-state index is 13.8. The van der Waals surface area contributed by atoms with Crippen molar-refractivity contribution in [2.75, 3.05) is 58.6 Å². The van der Waals surface area contributed by atoms with Crippen LogP contribution >= 0.6 is 0 Å². The van der Waals surface area contributed by atoms with Gasteiger partial charge in [0.25, 0.3) is 5.91 Å². The fourth-order valence-electron chi connectivity index (χ4n) is 5.46. The van der Waals surface area contributed by atoms with E-state index < -0.39 is 6.04 Å². The summed E-state index contributed by atoms with van der Waals surface area (Å²) < 4.78 is 22.1. The largest absolute Gasteiger partial charge is 0.493 e. The van der Waals surface area contributed by atoms with Crippen LogP contribution in [0.3, 0.4) is 0 Å². The molecule has 2 atom stereocenters. The highest BCUT2D eigenvalue weighted by Gasteiger charge is 2.34. The number of carbonyl (C=O) groups excluding carboxylic acids is 2. The number of nitrogens with zero attached hydrogens (tertiary/aromatic N) is 2. The predicted octanol–water partition coefficient (Wildman–Crippen LogP) is 4.29. The van der Waals surface area contributed by atoms with Gasteiger partial charge in [-0.1, -0.05) is 30.3 Å². The highest BCUT2D eigenvalue weighted by atomic mass is 16.5. The van der Waals surface area contributed by atoms with Crippen LogP contribution in [0.4, 0.5) is 5.69 Å². The summed E-state index contributed by atoms with van der Waals surface area (Å²) in [5, 5.41) is 3.25. The first-order valence-electron chi connectivity index (χ1n) is 14.3. The van der Waals surface area contributed by atoms with Crippen molar-refractivity contribution in [1.29, 1.82) is 0 Å². The van der Waals surface area contributed by atoms with E-state index in [2.05, 4.69) is 10.2 Å². The lowest BCUT2D eigenvalue weighted by Gasteiger charge is -2.35. The van der Waals surface area contributed by atoms with Gasteiger partial charge in [0, 0.05) is 19.6 Å². The van der Waals surface area contributed by atoms with Gasteiger partial charge < -0.3 is 24.3 Å². The Balaban J connectivity index is 1.39. The van der Waals surface area contributed by atoms with E-state index in [1.54, 1.807) is 26.0 Å². The molecule has 3 aromatic carbocycles. The first-order chi connectivity index (χ1) is 20.3. The molecule has 42 heavy (non-hydrogen) atoms. The lowest BCUT2D eigenvalue weighted by Crippen LogP contribution is -2.53. The number of carbonyl (C=O) groups is 2. The van der Waals surface area contributed by atoms with Crippen LogP contribution in [0.2, 0.25) is 0 Å². The van der Waals surface area contributed by atoms with Gasteiger partial charge in [0.1, 0.15) is 11.8 Å². The first kappa shape index (κ1) is 29.4. The van der Waals surface area contributed by atoms with E-state index in [0.717, 1.165) is 40.9 Å². The molecule has 222 valence electrons. The van der Waals surface area contributed by atoms with Crippen molar-refractivity contribution in [2.45, 2.75) is 32.9 Å². The minimum Gasteiger partial charge on any atom is -0.493 e. The Morgan fingerprint density at radius 2 is 1.60 bits per heavy atom. The predicted molar refractivity (Wildman–Crippen MR) is 161 cm³/mol. The van der Waals surface area contributed by atoms with Gasteiger partial charge in [-0.2, -0.15) is 0 Å². The number of ether oxygens (including phenoxy) is 4. The molecule has 1 saturated heterocycles. The molecule has 0 radical (unpaired) electrons. The molecule has 0 spiro atoms. The lowest BCUT2D eigenvalue weighted by molar-refractivity contribution is -0.128. The molecule has 1 N–H and O–H groups in total. The molecular weight excluding hydrogens is 534 g/mol. The molecule has 0 aromatic heterocycles. The quantitative estimate of drug-likeness (QED) is 0.409. The zero-order valence-electron chi connectivity index (χ0n) is 24.9. The maximum Gasteiger partial charge on any atom is 0.265 e. The number of nitrogens with one attached hydrogen (secondary N) is 1. The van der Waals surface area contributed by atoms with E-state index in [9.17, 15) is 9.59 Å². The molecule has 9 heteroatoms. The van der Waals surface area contributed by atoms with Crippen molar-refractivity contribution < 1.29 is 28.5 Å². The van der Waals surface area contributed by atoms with E-state index in [-0.39, 0.29) is 24.5 Å². The van der Waals surface area contributed by atoms with Gasteiger partial charge >= 0.3 is 0 Å². The second kappa shape index (κ2) is 12.8. The summed E-state index contributed by atoms with van der Waals surface area (Å²) in [4.78, 5) is 30.6. The molecule has 5 rings (SSSR count). The average Bonchev–Trinajstić information content (AvgIpc) is 3.01. The molecule has 0 bridgehead atoms. The summed E-state index contributed by atoms with van der Waals surface area (Å²) in [5.41, 5.74) is 5.72. The number of anilines is 1. The maximum absolute atomic E-state index is 13.8. The molecular formula is C33H39N3O6. The number of fused-ring (bicyclic) bond motifs is 1. The van der Waals surface area contributed by atoms with Gasteiger partial charge in [0.15, 0.2) is 18.1 Å². The lowest BCUT2D eigenvalue weighted by atomic mass is 9.99. The summed E-state index contributed by atoms with van der Waals surface area (Å²) in [6, 6.07) is 16.9. The van der Waals surface area contributed by atoms with E-state index in [1.165, 1.54) is 0 Å². The number of methoxy groups -OCH3 is 2. The number of hydrogen-bond acceptors (Lipinski definition) is 7. The molecule has 2 heterocycles. The fourth-order valence-corrected chi connectivity index (χ4v) is 5.46. The Labute approximate surface area is 247 Å². The van der Waals surface area contributed by atoms with E-state index in [0.29, 0.717) is 42.7 Å². The third kappa shape index (κ3) is 6.22. The number of benzene rings is 3. The zero-order valence-corrected chi connectivity index (χ0v) is 24.9. The van der Waals surface area contributed by atoms with Crippen molar-refractivity contribution >= 4 is 17.5 Å². The molecule has 2 aliphatic heterocycles. The molecule has 2 aliphatic rings. The van der Waals surface area contributed by atoms with E-state index in [1.807, 2.05) is 68.4 Å². The number of aryl methyl sites for hydroxylation is 2. The Kier molecular flexibility index (Phi) is 8.99. The van der Waals surface area contributed by atoms with Crippen LogP contribution < -0.4 is 24.4 Å². The van der Waals surface area contributed by atoms with Crippen molar-refractivity contribution in [3.05, 3.63) is 71.3 Å². The minimum atomic E-state index is -0.722. The fraction of sp³-hybridized carbons (Fsp3) is 0.394. The second-order valence-corrected chi connectivity index (χ2v) is 10.8. The van der Waals surface area contributed by atoms with Crippen LogP contribution in [0.15, 0.2) is 54.6 Å². The van der Waals surface area contributed by atoms with Crippen LogP contribution in [-0.4, -0.2) is 76.4 Å². The molecule has 2 unspecified atom stereocenters. The molecule has 0 saturated carbocycles. The number of morpholine rings is 1. The van der Waals surface area contributed by atoms with Gasteiger partial charge in [0.2, 0.25) is 5.91 Å². The normalized spacial score (nSPS) is 16.7. The van der Waals surface area contributed by atoms with Gasteiger partial charge in [-0.25, -0.2) is 0 Å². The highest BCUT2D eigenvalue weighted by Crippen LogP contribution is 2.36. The summed E-state index contributed by atoms with van der Waals surface area (Å²) in [7, 11) is 3.24. The van der Waals surface area contributed by atoms with Gasteiger partial charge in [-0.3, -0.25) is 19.4 Å². The van der Waals surface area contributed by atoms with Crippen molar-refractivity contribution in [3.8, 4) is 28.4 Å². The molecule has 1 fully saturated rings. The van der Waals surface area contributed by atoms with Gasteiger partial charge in [0.05, 0.1) is 39.2 Å². The highest BCUT2D eigenvalue weighted by molar-refractivity contribution is 6.04. The third-order valence-electron chi connectivity index (χ3n) is 8.11. The molecule has 9 nitrogen and oxygen atoms in total. The smallest absolute Gasteiger partial charge is 0.265 e. The third-order valence-corrected chi connectivity index (χ3v) is 8.11. The summed E-state index contributed by atoms with van der Waals surface area (Å²) in [5.74, 6) is 1.49. The minimum absolute atomic E-state index is 0.0953. The Hall–Kier alpha value is -4.08. The van der Waals surface area contributed by atoms with Crippen molar-refractivity contribution in [1.82, 2.24) is 10.2 Å². The topological polar surface area (TPSA) is 89.6 Å². The number of amides is 2. The van der Waals surface area contributed by atoms with E-state index >= 15 is 0 Å². The van der Waals surface area contributed by atoms with Crippen LogP contribution in [0.1, 0.15) is 29.7 Å². The molecule has 2 amide bonds. The van der Waals surface area contributed by atoms with Crippen LogP contribution in [0.25, 0.3) is 11.1 Å². The Morgan fingerprint density at radius 3 is 2.29 bits per heavy atom. The number of hydrogen-bond donors (Lipinski definition) is 1. The van der Waals surface area contributed by atoms with Crippen LogP contribution in [0.5, 0.6) is 17.2 Å². The SMILES string of the molecule is COc1ccc(-c2ccc(C(CN3CCOCC3)NC(=O)C(C)N3C(=O)COc4cc(C)c(C)cc43)cc2)cc1OC. The van der Waals surface area contributed by atoms with Crippen LogP contribution in [-0.2, 0) is 14.3 Å². The first-order valence-corrected chi connectivity index (χ1v) is 14.3. The summed E-state index contributed by atoms with van der Waals surface area (Å²) in [6.45, 7) is 9.19. The standard InChI is InChI=1S/C33H39N3O6/c1-21-16-28-30(17-22(21)2)42-20-32(37)36(28)23(3)33(38)34-27(19-35-12-14-41-15-13-35)25-8-6-24(7-9-25)26-10-11-29(39-4)31(18-26)40-5/h6-11,16-18,23,27H,12-15,19-20H2,1-5H3,(H,34,38). The van der Waals surface area contributed by atoms with Crippen molar-refractivity contribution in [3.63, 3.8) is 0 Å². The molecule has 0 aliphatic carbocycles. The van der Waals surface area contributed by atoms with E-state index in [4.69, 9.17) is 18.9 Å². The average molecular weight is 574 g/mol. The Bertz CT molecular complexity index is 1430. The Morgan fingerprint density at radius 1 is 0.929 bits per heavy atom. The van der Waals surface area contributed by atoms with Gasteiger partial charge in [-0.05, 0) is 72.9 Å². The van der Waals surface area contributed by atoms with Crippen LogP contribution in [0, 0.1) is 13.8 Å². The second-order valence-electron chi connectivity index (χ2n) is 10.8. The van der Waals surface area contributed by atoms with Gasteiger partial charge in [-0.15, -0.1) is 0 Å². The van der Waals surface area contributed by atoms with Crippen molar-refractivity contribution in [2.24, 2.45) is 0 Å². The zero-order chi connectivity index (χ0) is 29.8. The number of rotatable bonds is 9. The summed E-state index contributed by atoms with van der Waals surface area (Å²) in [6.07, 6.45) is 0. The monoisotopic (exact) mass is 573 g/mol. The molecule has 3 aromatic rings.